The summed E-state index contributed by atoms with van der Waals surface area (Å²) < 4.78 is 6.21. The highest BCUT2D eigenvalue weighted by Gasteiger charge is 2.15. The molecule has 1 aromatic carbocycles. The zero-order valence-corrected chi connectivity index (χ0v) is 12.5. The first-order chi connectivity index (χ1) is 8.35. The Morgan fingerprint density at radius 1 is 1.28 bits per heavy atom. The van der Waals surface area contributed by atoms with Crippen molar-refractivity contribution in [1.82, 2.24) is 10.1 Å². The van der Waals surface area contributed by atoms with Gasteiger partial charge in [-0.3, -0.25) is 0 Å². The van der Waals surface area contributed by atoms with Crippen LogP contribution in [0.1, 0.15) is 26.3 Å². The van der Waals surface area contributed by atoms with Crippen LogP contribution in [0.25, 0.3) is 11.4 Å². The van der Waals surface area contributed by atoms with Gasteiger partial charge in [-0.2, -0.15) is 4.98 Å². The van der Waals surface area contributed by atoms with Gasteiger partial charge in [-0.05, 0) is 39.3 Å². The first-order valence-corrected chi connectivity index (χ1v) is 6.53. The predicted octanol–water partition coefficient (Wildman–Crippen LogP) is 4.02. The minimum Gasteiger partial charge on any atom is -0.333 e. The Bertz CT molecular complexity index is 558. The van der Waals surface area contributed by atoms with Crippen molar-refractivity contribution < 1.29 is 4.52 Å². The molecule has 18 heavy (non-hydrogen) atoms. The molecule has 5 heteroatoms. The molecule has 0 aliphatic heterocycles. The molecule has 0 saturated heterocycles. The van der Waals surface area contributed by atoms with Crippen LogP contribution in [0.15, 0.2) is 27.2 Å². The number of hydrogen-bond acceptors (Lipinski definition) is 4. The van der Waals surface area contributed by atoms with Crippen molar-refractivity contribution in [3.63, 3.8) is 0 Å². The Balaban J connectivity index is 2.26. The molecule has 0 fully saturated rings. The third-order valence-corrected chi connectivity index (χ3v) is 3.19. The normalized spacial score (nSPS) is 11.6. The zero-order chi connectivity index (χ0) is 13.3. The number of halogens is 1. The van der Waals surface area contributed by atoms with E-state index in [-0.39, 0.29) is 5.54 Å². The number of aryl methyl sites for hydroxylation is 1. The third-order valence-electron chi connectivity index (χ3n) is 2.34. The summed E-state index contributed by atoms with van der Waals surface area (Å²) in [5.74, 6) is 0.586. The lowest BCUT2D eigenvalue weighted by atomic mass is 10.1. The molecule has 0 unspecified atom stereocenters. The number of hydrogen-bond donors (Lipinski definition) is 1. The second-order valence-electron chi connectivity index (χ2n) is 5.26. The van der Waals surface area contributed by atoms with Gasteiger partial charge >= 0.3 is 6.01 Å². The molecule has 0 atom stereocenters. The smallest absolute Gasteiger partial charge is 0.322 e. The first-order valence-electron chi connectivity index (χ1n) is 5.73. The molecular weight excluding hydrogens is 294 g/mol. The second-order valence-corrected chi connectivity index (χ2v) is 6.12. The average Bonchev–Trinajstić information content (AvgIpc) is 2.68. The zero-order valence-electron chi connectivity index (χ0n) is 10.9. The summed E-state index contributed by atoms with van der Waals surface area (Å²) in [5, 5.41) is 7.12. The van der Waals surface area contributed by atoms with Crippen LogP contribution in [0, 0.1) is 6.92 Å². The molecule has 1 heterocycles. The highest BCUT2D eigenvalue weighted by molar-refractivity contribution is 9.10. The maximum absolute atomic E-state index is 5.18. The van der Waals surface area contributed by atoms with Gasteiger partial charge in [0.2, 0.25) is 5.82 Å². The van der Waals surface area contributed by atoms with E-state index < -0.39 is 0 Å². The van der Waals surface area contributed by atoms with Crippen LogP contribution in [0.3, 0.4) is 0 Å². The first kappa shape index (κ1) is 13.1. The lowest BCUT2D eigenvalue weighted by Crippen LogP contribution is -2.26. The van der Waals surface area contributed by atoms with Gasteiger partial charge < -0.3 is 9.84 Å². The molecule has 1 aromatic heterocycles. The largest absolute Gasteiger partial charge is 0.333 e. The average molecular weight is 310 g/mol. The van der Waals surface area contributed by atoms with E-state index in [4.69, 9.17) is 4.52 Å². The van der Waals surface area contributed by atoms with E-state index >= 15 is 0 Å². The highest BCUT2D eigenvalue weighted by Crippen LogP contribution is 2.25. The number of aromatic nitrogens is 2. The van der Waals surface area contributed by atoms with Crippen LogP contribution in [0.2, 0.25) is 0 Å². The van der Waals surface area contributed by atoms with Crippen LogP contribution < -0.4 is 5.32 Å². The lowest BCUT2D eigenvalue weighted by molar-refractivity contribution is 0.420. The summed E-state index contributed by atoms with van der Waals surface area (Å²) in [5.41, 5.74) is 2.01. The number of benzene rings is 1. The Kier molecular flexibility index (Phi) is 3.43. The molecule has 0 aliphatic rings. The molecule has 96 valence electrons. The quantitative estimate of drug-likeness (QED) is 0.910. The molecule has 0 saturated carbocycles. The second kappa shape index (κ2) is 4.72. The van der Waals surface area contributed by atoms with Gasteiger partial charge in [-0.25, -0.2) is 0 Å². The number of nitrogens with one attached hydrogen (secondary N) is 1. The summed E-state index contributed by atoms with van der Waals surface area (Å²) in [4.78, 5) is 4.33. The maximum atomic E-state index is 5.18. The molecular formula is C13H16BrN3O. The standard InChI is InChI=1S/C13H16BrN3O/c1-8-5-6-9(7-10(8)14)11-15-12(18-17-11)16-13(2,3)4/h5-7H,1-4H3,(H,15,16,17). The van der Waals surface area contributed by atoms with Gasteiger partial charge in [0, 0.05) is 15.6 Å². The topological polar surface area (TPSA) is 51.0 Å². The van der Waals surface area contributed by atoms with Crippen molar-refractivity contribution in [3.05, 3.63) is 28.2 Å². The Labute approximate surface area is 115 Å². The van der Waals surface area contributed by atoms with E-state index in [1.54, 1.807) is 0 Å². The SMILES string of the molecule is Cc1ccc(-c2noc(NC(C)(C)C)n2)cc1Br. The molecule has 0 bridgehead atoms. The number of nitrogens with zero attached hydrogens (tertiary/aromatic N) is 2. The molecule has 0 aliphatic carbocycles. The van der Waals surface area contributed by atoms with Crippen molar-refractivity contribution in [3.8, 4) is 11.4 Å². The Morgan fingerprint density at radius 3 is 2.61 bits per heavy atom. The van der Waals surface area contributed by atoms with Gasteiger partial charge in [0.1, 0.15) is 0 Å². The fraction of sp³-hybridized carbons (Fsp3) is 0.385. The summed E-state index contributed by atoms with van der Waals surface area (Å²) in [7, 11) is 0. The molecule has 4 nitrogen and oxygen atoms in total. The van der Waals surface area contributed by atoms with Gasteiger partial charge in [0.05, 0.1) is 0 Å². The van der Waals surface area contributed by atoms with Crippen molar-refractivity contribution in [2.75, 3.05) is 5.32 Å². The fourth-order valence-electron chi connectivity index (χ4n) is 1.44. The van der Waals surface area contributed by atoms with Crippen LogP contribution in [-0.4, -0.2) is 15.7 Å². The van der Waals surface area contributed by atoms with E-state index in [0.29, 0.717) is 11.8 Å². The Morgan fingerprint density at radius 2 is 2.00 bits per heavy atom. The van der Waals surface area contributed by atoms with Gasteiger partial charge in [-0.1, -0.05) is 33.2 Å². The summed E-state index contributed by atoms with van der Waals surface area (Å²) in [6.07, 6.45) is 0. The van der Waals surface area contributed by atoms with E-state index in [2.05, 4.69) is 31.4 Å². The minimum atomic E-state index is -0.0995. The van der Waals surface area contributed by atoms with Crippen LogP contribution in [0.4, 0.5) is 6.01 Å². The van der Waals surface area contributed by atoms with Crippen molar-refractivity contribution >= 4 is 21.9 Å². The monoisotopic (exact) mass is 309 g/mol. The van der Waals surface area contributed by atoms with Crippen molar-refractivity contribution in [2.45, 2.75) is 33.2 Å². The number of anilines is 1. The van der Waals surface area contributed by atoms with Gasteiger partial charge in [0.15, 0.2) is 0 Å². The highest BCUT2D eigenvalue weighted by atomic mass is 79.9. The predicted molar refractivity (Wildman–Crippen MR) is 75.5 cm³/mol. The van der Waals surface area contributed by atoms with Gasteiger partial charge in [0.25, 0.3) is 0 Å². The van der Waals surface area contributed by atoms with Crippen LogP contribution >= 0.6 is 15.9 Å². The molecule has 2 rings (SSSR count). The van der Waals surface area contributed by atoms with E-state index in [0.717, 1.165) is 10.0 Å². The summed E-state index contributed by atoms with van der Waals surface area (Å²) in [6, 6.07) is 6.42. The summed E-state index contributed by atoms with van der Waals surface area (Å²) in [6.45, 7) is 8.16. The molecule has 0 spiro atoms. The maximum Gasteiger partial charge on any atom is 0.322 e. The van der Waals surface area contributed by atoms with Crippen LogP contribution in [0.5, 0.6) is 0 Å². The lowest BCUT2D eigenvalue weighted by Gasteiger charge is -2.17. The van der Waals surface area contributed by atoms with E-state index in [1.807, 2.05) is 45.9 Å². The number of rotatable bonds is 2. The third kappa shape index (κ3) is 3.10. The van der Waals surface area contributed by atoms with E-state index in [9.17, 15) is 0 Å². The van der Waals surface area contributed by atoms with Crippen molar-refractivity contribution in [2.24, 2.45) is 0 Å². The Hall–Kier alpha value is -1.36. The fourth-order valence-corrected chi connectivity index (χ4v) is 1.82. The summed E-state index contributed by atoms with van der Waals surface area (Å²) >= 11 is 3.50. The van der Waals surface area contributed by atoms with Crippen molar-refractivity contribution in [1.29, 1.82) is 0 Å². The van der Waals surface area contributed by atoms with Crippen LogP contribution in [-0.2, 0) is 0 Å². The minimum absolute atomic E-state index is 0.0995. The van der Waals surface area contributed by atoms with Gasteiger partial charge in [-0.15, -0.1) is 0 Å². The molecule has 1 N–H and O–H groups in total. The molecule has 0 amide bonds. The van der Waals surface area contributed by atoms with E-state index in [1.165, 1.54) is 5.56 Å². The molecule has 2 aromatic rings. The molecule has 0 radical (unpaired) electrons.